The van der Waals surface area contributed by atoms with Crippen molar-refractivity contribution in [2.45, 2.75) is 32.4 Å². The van der Waals surface area contributed by atoms with E-state index in [1.165, 1.54) is 0 Å². The predicted octanol–water partition coefficient (Wildman–Crippen LogP) is 0.382. The van der Waals surface area contributed by atoms with Crippen molar-refractivity contribution in [3.05, 3.63) is 0 Å². The van der Waals surface area contributed by atoms with E-state index in [0.29, 0.717) is 6.10 Å². The minimum absolute atomic E-state index is 0.222. The van der Waals surface area contributed by atoms with Gasteiger partial charge in [0, 0.05) is 19.7 Å². The topological polar surface area (TPSA) is 41.5 Å². The van der Waals surface area contributed by atoms with Gasteiger partial charge in [0.05, 0.1) is 12.7 Å². The molecule has 0 aromatic heterocycles. The van der Waals surface area contributed by atoms with E-state index < -0.39 is 0 Å². The Balaban J connectivity index is 0.000000461. The molecule has 1 heterocycles. The molecule has 0 aliphatic carbocycles. The van der Waals surface area contributed by atoms with Crippen LogP contribution >= 0.6 is 0 Å². The number of rotatable bonds is 2. The van der Waals surface area contributed by atoms with Crippen molar-refractivity contribution < 1.29 is 9.84 Å². The lowest BCUT2D eigenvalue weighted by atomic mass is 10.2. The van der Waals surface area contributed by atoms with Crippen LogP contribution in [0.5, 0.6) is 0 Å². The smallest absolute Gasteiger partial charge is 0.0711 e. The molecular weight excluding hydrogens is 142 g/mol. The van der Waals surface area contributed by atoms with Crippen LogP contribution in [-0.4, -0.2) is 37.5 Å². The first-order valence-electron chi connectivity index (χ1n) is 4.24. The lowest BCUT2D eigenvalue weighted by Gasteiger charge is -2.04. The summed E-state index contributed by atoms with van der Waals surface area (Å²) in [6.45, 7) is 5.10. The molecule has 0 spiro atoms. The Hall–Kier alpha value is -0.120. The Morgan fingerprint density at radius 2 is 2.18 bits per heavy atom. The van der Waals surface area contributed by atoms with Crippen LogP contribution < -0.4 is 5.32 Å². The number of ether oxygens (including phenoxy) is 1. The number of hydrogen-bond acceptors (Lipinski definition) is 3. The van der Waals surface area contributed by atoms with Crippen LogP contribution in [0.1, 0.15) is 20.3 Å². The molecule has 1 saturated heterocycles. The van der Waals surface area contributed by atoms with Crippen molar-refractivity contribution in [3.63, 3.8) is 0 Å². The summed E-state index contributed by atoms with van der Waals surface area (Å²) in [6.07, 6.45) is 1.25. The van der Waals surface area contributed by atoms with Crippen LogP contribution in [0.3, 0.4) is 0 Å². The lowest BCUT2D eigenvalue weighted by Crippen LogP contribution is -2.24. The fourth-order valence-corrected chi connectivity index (χ4v) is 1.10. The van der Waals surface area contributed by atoms with E-state index in [-0.39, 0.29) is 12.6 Å². The van der Waals surface area contributed by atoms with Crippen LogP contribution in [0.15, 0.2) is 0 Å². The first-order valence-corrected chi connectivity index (χ1v) is 4.24. The quantitative estimate of drug-likeness (QED) is 0.615. The number of methoxy groups -OCH3 is 1. The van der Waals surface area contributed by atoms with Crippen molar-refractivity contribution in [2.24, 2.45) is 0 Å². The highest BCUT2D eigenvalue weighted by Gasteiger charge is 2.22. The minimum atomic E-state index is 0.222. The molecule has 3 nitrogen and oxygen atoms in total. The zero-order valence-electron chi connectivity index (χ0n) is 7.63. The maximum Gasteiger partial charge on any atom is 0.0711 e. The molecule has 0 radical (unpaired) electrons. The van der Waals surface area contributed by atoms with Gasteiger partial charge in [-0.25, -0.2) is 0 Å². The molecule has 2 N–H and O–H groups in total. The maximum absolute atomic E-state index is 8.66. The minimum Gasteiger partial charge on any atom is -0.395 e. The van der Waals surface area contributed by atoms with Crippen LogP contribution in [-0.2, 0) is 4.74 Å². The average Bonchev–Trinajstić information content (AvgIpc) is 2.55. The van der Waals surface area contributed by atoms with E-state index in [9.17, 15) is 0 Å². The second kappa shape index (κ2) is 6.58. The molecule has 1 fully saturated rings. The first-order chi connectivity index (χ1) is 5.36. The molecule has 0 amide bonds. The SMILES string of the molecule is CC.COC1CNC(CO)C1. The highest BCUT2D eigenvalue weighted by molar-refractivity contribution is 4.80. The summed E-state index contributed by atoms with van der Waals surface area (Å²) in [5.41, 5.74) is 0. The molecule has 2 atom stereocenters. The Morgan fingerprint density at radius 1 is 1.55 bits per heavy atom. The molecule has 0 aromatic carbocycles. The van der Waals surface area contributed by atoms with E-state index in [1.54, 1.807) is 7.11 Å². The zero-order valence-corrected chi connectivity index (χ0v) is 7.63. The van der Waals surface area contributed by atoms with Gasteiger partial charge in [-0.2, -0.15) is 0 Å². The first kappa shape index (κ1) is 10.9. The molecule has 0 bridgehead atoms. The summed E-state index contributed by atoms with van der Waals surface area (Å²) in [4.78, 5) is 0. The standard InChI is InChI=1S/C6H13NO2.C2H6/c1-9-6-2-5(4-8)7-3-6;1-2/h5-8H,2-4H2,1H3;1-2H3. The Bertz CT molecular complexity index is 78.2. The Morgan fingerprint density at radius 3 is 2.45 bits per heavy atom. The van der Waals surface area contributed by atoms with Gasteiger partial charge in [0.2, 0.25) is 0 Å². The van der Waals surface area contributed by atoms with Crippen molar-refractivity contribution in [3.8, 4) is 0 Å². The van der Waals surface area contributed by atoms with Gasteiger partial charge in [-0.1, -0.05) is 13.8 Å². The summed E-state index contributed by atoms with van der Waals surface area (Å²) in [6, 6.07) is 0.259. The van der Waals surface area contributed by atoms with Gasteiger partial charge in [-0.3, -0.25) is 0 Å². The van der Waals surface area contributed by atoms with Gasteiger partial charge in [0.1, 0.15) is 0 Å². The van der Waals surface area contributed by atoms with Crippen molar-refractivity contribution in [1.82, 2.24) is 5.32 Å². The lowest BCUT2D eigenvalue weighted by molar-refractivity contribution is 0.114. The molecule has 1 aliphatic heterocycles. The number of aliphatic hydroxyl groups excluding tert-OH is 1. The van der Waals surface area contributed by atoms with Gasteiger partial charge in [0.25, 0.3) is 0 Å². The monoisotopic (exact) mass is 161 g/mol. The third kappa shape index (κ3) is 3.70. The largest absolute Gasteiger partial charge is 0.395 e. The molecular formula is C8H19NO2. The maximum atomic E-state index is 8.66. The van der Waals surface area contributed by atoms with Crippen LogP contribution in [0.2, 0.25) is 0 Å². The van der Waals surface area contributed by atoms with Gasteiger partial charge in [-0.05, 0) is 6.42 Å². The Labute approximate surface area is 68.8 Å². The zero-order chi connectivity index (χ0) is 8.69. The average molecular weight is 161 g/mol. The highest BCUT2D eigenvalue weighted by Crippen LogP contribution is 2.07. The fraction of sp³-hybridized carbons (Fsp3) is 1.00. The second-order valence-corrected chi connectivity index (χ2v) is 2.38. The summed E-state index contributed by atoms with van der Waals surface area (Å²) >= 11 is 0. The van der Waals surface area contributed by atoms with Crippen LogP contribution in [0.4, 0.5) is 0 Å². The summed E-state index contributed by atoms with van der Waals surface area (Å²) in [5, 5.41) is 11.8. The third-order valence-corrected chi connectivity index (χ3v) is 1.74. The van der Waals surface area contributed by atoms with Crippen LogP contribution in [0, 0.1) is 0 Å². The molecule has 3 heteroatoms. The molecule has 1 rings (SSSR count). The molecule has 68 valence electrons. The molecule has 11 heavy (non-hydrogen) atoms. The second-order valence-electron chi connectivity index (χ2n) is 2.38. The molecule has 2 unspecified atom stereocenters. The van der Waals surface area contributed by atoms with Crippen molar-refractivity contribution in [2.75, 3.05) is 20.3 Å². The molecule has 0 saturated carbocycles. The number of nitrogens with one attached hydrogen (secondary N) is 1. The third-order valence-electron chi connectivity index (χ3n) is 1.74. The number of hydrogen-bond donors (Lipinski definition) is 2. The Kier molecular flexibility index (Phi) is 6.51. The van der Waals surface area contributed by atoms with E-state index in [1.807, 2.05) is 13.8 Å². The van der Waals surface area contributed by atoms with Crippen molar-refractivity contribution >= 4 is 0 Å². The summed E-state index contributed by atoms with van der Waals surface area (Å²) < 4.78 is 5.07. The van der Waals surface area contributed by atoms with Gasteiger partial charge < -0.3 is 15.2 Å². The fourth-order valence-electron chi connectivity index (χ4n) is 1.10. The van der Waals surface area contributed by atoms with E-state index in [2.05, 4.69) is 5.32 Å². The summed E-state index contributed by atoms with van der Waals surface area (Å²) in [7, 11) is 1.70. The van der Waals surface area contributed by atoms with Crippen LogP contribution in [0.25, 0.3) is 0 Å². The number of aliphatic hydroxyl groups is 1. The molecule has 1 aliphatic rings. The molecule has 0 aromatic rings. The predicted molar refractivity (Wildman–Crippen MR) is 45.6 cm³/mol. The van der Waals surface area contributed by atoms with Gasteiger partial charge in [0.15, 0.2) is 0 Å². The van der Waals surface area contributed by atoms with E-state index in [4.69, 9.17) is 9.84 Å². The summed E-state index contributed by atoms with van der Waals surface area (Å²) in [5.74, 6) is 0. The van der Waals surface area contributed by atoms with Gasteiger partial charge in [-0.15, -0.1) is 0 Å². The van der Waals surface area contributed by atoms with Crippen molar-refractivity contribution in [1.29, 1.82) is 0 Å². The normalized spacial score (nSPS) is 29.5. The van der Waals surface area contributed by atoms with E-state index >= 15 is 0 Å². The van der Waals surface area contributed by atoms with E-state index in [0.717, 1.165) is 13.0 Å². The highest BCUT2D eigenvalue weighted by atomic mass is 16.5. The van der Waals surface area contributed by atoms with Gasteiger partial charge >= 0.3 is 0 Å².